The first-order valence-corrected chi connectivity index (χ1v) is 5.83. The molecule has 0 atom stereocenters. The fourth-order valence-electron chi connectivity index (χ4n) is 1.90. The quantitative estimate of drug-likeness (QED) is 0.463. The fourth-order valence-corrected chi connectivity index (χ4v) is 2.03. The first kappa shape index (κ1) is 13.0. The zero-order valence-electron chi connectivity index (χ0n) is 10.1. The van der Waals surface area contributed by atoms with E-state index in [2.05, 4.69) is 9.97 Å². The van der Waals surface area contributed by atoms with Crippen molar-refractivity contribution in [1.29, 1.82) is 0 Å². The Balaban J connectivity index is 2.37. The topological polar surface area (TPSA) is 81.4 Å². The van der Waals surface area contributed by atoms with Gasteiger partial charge in [-0.1, -0.05) is 0 Å². The van der Waals surface area contributed by atoms with Crippen molar-refractivity contribution in [3.05, 3.63) is 21.6 Å². The Hall–Kier alpha value is -1.47. The normalized spacial score (nSPS) is 18.7. The number of nitro groups is 1. The lowest BCUT2D eigenvalue weighted by molar-refractivity contribution is -0.384. The number of hydrogen-bond donors (Lipinski definition) is 0. The average molecular weight is 273 g/mol. The number of halogens is 1. The molecule has 8 heteroatoms. The van der Waals surface area contributed by atoms with Crippen LogP contribution in [0.4, 0.5) is 11.5 Å². The Bertz CT molecular complexity index is 480. The predicted octanol–water partition coefficient (Wildman–Crippen LogP) is 1.65. The average Bonchev–Trinajstić information content (AvgIpc) is 2.27. The van der Waals surface area contributed by atoms with Gasteiger partial charge in [0.2, 0.25) is 11.1 Å². The first-order chi connectivity index (χ1) is 8.39. The van der Waals surface area contributed by atoms with Crippen LogP contribution in [-0.4, -0.2) is 40.2 Å². The summed E-state index contributed by atoms with van der Waals surface area (Å²) in [6, 6.07) is 0. The minimum absolute atomic E-state index is 0.0000945. The standard InChI is InChI=1S/C10H13ClN4O3/c1-10(2)6-14(3-4-18-10)8-7(15(16)17)5-12-9(11)13-8/h5H,3-4,6H2,1-2H3. The highest BCUT2D eigenvalue weighted by Gasteiger charge is 2.32. The molecule has 0 radical (unpaired) electrons. The van der Waals surface area contributed by atoms with Gasteiger partial charge in [-0.2, -0.15) is 4.98 Å². The van der Waals surface area contributed by atoms with Gasteiger partial charge in [0, 0.05) is 13.1 Å². The number of anilines is 1. The third-order valence-corrected chi connectivity index (χ3v) is 2.82. The van der Waals surface area contributed by atoms with Gasteiger partial charge in [0.25, 0.3) is 0 Å². The molecule has 0 N–H and O–H groups in total. The summed E-state index contributed by atoms with van der Waals surface area (Å²) < 4.78 is 5.56. The Morgan fingerprint density at radius 3 is 2.94 bits per heavy atom. The second kappa shape index (κ2) is 4.66. The van der Waals surface area contributed by atoms with E-state index in [0.717, 1.165) is 6.20 Å². The lowest BCUT2D eigenvalue weighted by atomic mass is 10.1. The highest BCUT2D eigenvalue weighted by molar-refractivity contribution is 6.28. The summed E-state index contributed by atoms with van der Waals surface area (Å²) in [7, 11) is 0. The van der Waals surface area contributed by atoms with Gasteiger partial charge in [-0.05, 0) is 25.4 Å². The van der Waals surface area contributed by atoms with Crippen LogP contribution in [0.25, 0.3) is 0 Å². The van der Waals surface area contributed by atoms with Gasteiger partial charge in [-0.15, -0.1) is 0 Å². The first-order valence-electron chi connectivity index (χ1n) is 5.45. The second-order valence-electron chi connectivity index (χ2n) is 4.63. The molecule has 1 aliphatic heterocycles. The molecular formula is C10H13ClN4O3. The van der Waals surface area contributed by atoms with Gasteiger partial charge in [0.15, 0.2) is 0 Å². The van der Waals surface area contributed by atoms with E-state index in [4.69, 9.17) is 16.3 Å². The third-order valence-electron chi connectivity index (χ3n) is 2.64. The van der Waals surface area contributed by atoms with Crippen LogP contribution >= 0.6 is 11.6 Å². The molecule has 2 rings (SSSR count). The molecule has 0 bridgehead atoms. The van der Waals surface area contributed by atoms with Crippen LogP contribution in [0, 0.1) is 10.1 Å². The molecule has 0 amide bonds. The Morgan fingerprint density at radius 1 is 1.61 bits per heavy atom. The fraction of sp³-hybridized carbons (Fsp3) is 0.600. The van der Waals surface area contributed by atoms with Crippen molar-refractivity contribution >= 4 is 23.1 Å². The molecule has 98 valence electrons. The zero-order valence-corrected chi connectivity index (χ0v) is 10.8. The molecule has 0 aromatic carbocycles. The van der Waals surface area contributed by atoms with Crippen molar-refractivity contribution in [3.63, 3.8) is 0 Å². The maximum Gasteiger partial charge on any atom is 0.329 e. The third kappa shape index (κ3) is 2.68. The molecule has 1 saturated heterocycles. The van der Waals surface area contributed by atoms with E-state index in [0.29, 0.717) is 19.7 Å². The van der Waals surface area contributed by atoms with E-state index >= 15 is 0 Å². The summed E-state index contributed by atoms with van der Waals surface area (Å²) in [5.74, 6) is 0.247. The summed E-state index contributed by atoms with van der Waals surface area (Å²) >= 11 is 5.71. The van der Waals surface area contributed by atoms with Crippen molar-refractivity contribution in [2.24, 2.45) is 0 Å². The summed E-state index contributed by atoms with van der Waals surface area (Å²) in [5, 5.41) is 11.0. The summed E-state index contributed by atoms with van der Waals surface area (Å²) in [5.41, 5.74) is -0.513. The molecular weight excluding hydrogens is 260 g/mol. The van der Waals surface area contributed by atoms with Gasteiger partial charge in [-0.25, -0.2) is 4.98 Å². The maximum atomic E-state index is 11.0. The predicted molar refractivity (Wildman–Crippen MR) is 65.9 cm³/mol. The number of hydrogen-bond acceptors (Lipinski definition) is 6. The number of ether oxygens (including phenoxy) is 1. The largest absolute Gasteiger partial charge is 0.372 e. The van der Waals surface area contributed by atoms with Crippen LogP contribution in [0.5, 0.6) is 0 Å². The lowest BCUT2D eigenvalue weighted by Crippen LogP contribution is -2.48. The van der Waals surface area contributed by atoms with Crippen LogP contribution in [-0.2, 0) is 4.74 Å². The van der Waals surface area contributed by atoms with Crippen molar-refractivity contribution in [2.75, 3.05) is 24.6 Å². The van der Waals surface area contributed by atoms with Crippen molar-refractivity contribution in [2.45, 2.75) is 19.4 Å². The van der Waals surface area contributed by atoms with E-state index in [9.17, 15) is 10.1 Å². The highest BCUT2D eigenvalue weighted by atomic mass is 35.5. The van der Waals surface area contributed by atoms with Crippen LogP contribution in [0.15, 0.2) is 6.20 Å². The van der Waals surface area contributed by atoms with E-state index < -0.39 is 4.92 Å². The summed E-state index contributed by atoms with van der Waals surface area (Å²) in [6.07, 6.45) is 1.13. The smallest absolute Gasteiger partial charge is 0.329 e. The molecule has 0 saturated carbocycles. The maximum absolute atomic E-state index is 11.0. The molecule has 18 heavy (non-hydrogen) atoms. The van der Waals surface area contributed by atoms with Gasteiger partial charge in [-0.3, -0.25) is 10.1 Å². The van der Waals surface area contributed by atoms with Crippen LogP contribution in [0.3, 0.4) is 0 Å². The summed E-state index contributed by atoms with van der Waals surface area (Å²) in [6.45, 7) is 5.39. The molecule has 2 heterocycles. The number of nitrogens with zero attached hydrogens (tertiary/aromatic N) is 4. The Kier molecular flexibility index (Phi) is 3.36. The van der Waals surface area contributed by atoms with E-state index in [1.807, 2.05) is 13.8 Å². The number of rotatable bonds is 2. The van der Waals surface area contributed by atoms with E-state index in [1.165, 1.54) is 0 Å². The Morgan fingerprint density at radius 2 is 2.33 bits per heavy atom. The number of aromatic nitrogens is 2. The second-order valence-corrected chi connectivity index (χ2v) is 4.97. The molecule has 0 unspecified atom stereocenters. The molecule has 1 aromatic rings. The number of morpholine rings is 1. The van der Waals surface area contributed by atoms with E-state index in [1.54, 1.807) is 4.90 Å². The highest BCUT2D eigenvalue weighted by Crippen LogP contribution is 2.29. The molecule has 1 fully saturated rings. The van der Waals surface area contributed by atoms with Crippen molar-refractivity contribution in [1.82, 2.24) is 9.97 Å². The molecule has 0 spiro atoms. The lowest BCUT2D eigenvalue weighted by Gasteiger charge is -2.38. The monoisotopic (exact) mass is 272 g/mol. The minimum Gasteiger partial charge on any atom is -0.372 e. The van der Waals surface area contributed by atoms with Crippen molar-refractivity contribution < 1.29 is 9.66 Å². The Labute approximate surface area is 109 Å². The summed E-state index contributed by atoms with van der Waals surface area (Å²) in [4.78, 5) is 19.9. The molecule has 1 aliphatic rings. The van der Waals surface area contributed by atoms with E-state index in [-0.39, 0.29) is 22.4 Å². The van der Waals surface area contributed by atoms with Crippen LogP contribution < -0.4 is 4.90 Å². The molecule has 0 aliphatic carbocycles. The molecule has 7 nitrogen and oxygen atoms in total. The van der Waals surface area contributed by atoms with Gasteiger partial charge in [0.1, 0.15) is 6.20 Å². The minimum atomic E-state index is -0.506. The van der Waals surface area contributed by atoms with Crippen LogP contribution in [0.2, 0.25) is 5.28 Å². The molecule has 1 aromatic heterocycles. The SMILES string of the molecule is CC1(C)CN(c2nc(Cl)ncc2[N+](=O)[O-])CCO1. The van der Waals surface area contributed by atoms with Crippen molar-refractivity contribution in [3.8, 4) is 0 Å². The zero-order chi connectivity index (χ0) is 13.3. The van der Waals surface area contributed by atoms with Crippen LogP contribution in [0.1, 0.15) is 13.8 Å². The van der Waals surface area contributed by atoms with Gasteiger partial charge >= 0.3 is 5.69 Å². The van der Waals surface area contributed by atoms with Gasteiger partial charge < -0.3 is 9.64 Å². The van der Waals surface area contributed by atoms with Gasteiger partial charge in [0.05, 0.1) is 17.1 Å².